The molecule has 1 aromatic carbocycles. The molecule has 1 atom stereocenters. The van der Waals surface area contributed by atoms with Crippen molar-refractivity contribution in [1.82, 2.24) is 0 Å². The van der Waals surface area contributed by atoms with Crippen LogP contribution in [0.3, 0.4) is 0 Å². The lowest BCUT2D eigenvalue weighted by Gasteiger charge is -2.13. The van der Waals surface area contributed by atoms with Gasteiger partial charge in [0.1, 0.15) is 0 Å². The van der Waals surface area contributed by atoms with E-state index in [0.29, 0.717) is 0 Å². The molecule has 0 aliphatic rings. The smallest absolute Gasteiger partial charge is 0.0810 e. The van der Waals surface area contributed by atoms with Gasteiger partial charge < -0.3 is 5.11 Å². The highest BCUT2D eigenvalue weighted by Crippen LogP contribution is 2.28. The number of aliphatic hydroxyl groups is 1. The summed E-state index contributed by atoms with van der Waals surface area (Å²) in [5.74, 6) is 0. The summed E-state index contributed by atoms with van der Waals surface area (Å²) < 4.78 is 2.32. The molecular weight excluding hydrogens is 390 g/mol. The fourth-order valence-corrected chi connectivity index (χ4v) is 3.48. The van der Waals surface area contributed by atoms with E-state index in [1.54, 1.807) is 0 Å². The molecule has 1 unspecified atom stereocenters. The number of hydrogen-bond acceptors (Lipinski definition) is 1. The van der Waals surface area contributed by atoms with Crippen molar-refractivity contribution in [1.29, 1.82) is 0 Å². The molecule has 0 aromatic heterocycles. The van der Waals surface area contributed by atoms with Crippen LogP contribution in [0.15, 0.2) is 18.2 Å². The van der Waals surface area contributed by atoms with E-state index in [2.05, 4.69) is 52.1 Å². The van der Waals surface area contributed by atoms with Crippen molar-refractivity contribution in [3.05, 3.63) is 30.9 Å². The molecule has 0 aliphatic carbocycles. The van der Waals surface area contributed by atoms with Gasteiger partial charge in [-0.25, -0.2) is 0 Å². The highest BCUT2D eigenvalue weighted by atomic mass is 127. The van der Waals surface area contributed by atoms with Crippen LogP contribution in [-0.4, -0.2) is 5.11 Å². The first-order valence-electron chi connectivity index (χ1n) is 4.28. The van der Waals surface area contributed by atoms with Crippen molar-refractivity contribution < 1.29 is 5.11 Å². The van der Waals surface area contributed by atoms with Crippen LogP contribution in [0.25, 0.3) is 0 Å². The first-order chi connectivity index (χ1) is 6.16. The standard InChI is InChI=1S/C10H12I2O/c1-2-4-9(13)10-7(11)5-3-6-8(10)12/h3,5-6,9,13H,2,4H2,1H3. The van der Waals surface area contributed by atoms with Gasteiger partial charge in [-0.05, 0) is 63.7 Å². The molecule has 1 aromatic rings. The highest BCUT2D eigenvalue weighted by molar-refractivity contribution is 14.1. The van der Waals surface area contributed by atoms with Crippen molar-refractivity contribution in [2.45, 2.75) is 25.9 Å². The maximum absolute atomic E-state index is 9.87. The summed E-state index contributed by atoms with van der Waals surface area (Å²) in [6, 6.07) is 6.10. The fourth-order valence-electron chi connectivity index (χ4n) is 1.25. The van der Waals surface area contributed by atoms with Gasteiger partial charge in [-0.3, -0.25) is 0 Å². The zero-order chi connectivity index (χ0) is 9.84. The minimum Gasteiger partial charge on any atom is -0.388 e. The number of benzene rings is 1. The summed E-state index contributed by atoms with van der Waals surface area (Å²) in [5, 5.41) is 9.87. The van der Waals surface area contributed by atoms with Crippen molar-refractivity contribution in [3.8, 4) is 0 Å². The first kappa shape index (κ1) is 11.7. The Morgan fingerprint density at radius 3 is 2.31 bits per heavy atom. The van der Waals surface area contributed by atoms with E-state index < -0.39 is 0 Å². The summed E-state index contributed by atoms with van der Waals surface area (Å²) in [6.45, 7) is 2.09. The van der Waals surface area contributed by atoms with Gasteiger partial charge in [-0.1, -0.05) is 19.4 Å². The number of halogens is 2. The van der Waals surface area contributed by atoms with E-state index in [-0.39, 0.29) is 6.10 Å². The lowest BCUT2D eigenvalue weighted by atomic mass is 10.1. The molecule has 1 rings (SSSR count). The molecule has 0 saturated heterocycles. The van der Waals surface area contributed by atoms with Gasteiger partial charge in [0.15, 0.2) is 0 Å². The summed E-state index contributed by atoms with van der Waals surface area (Å²) in [5.41, 5.74) is 1.09. The molecule has 1 N–H and O–H groups in total. The summed E-state index contributed by atoms with van der Waals surface area (Å²) in [6.07, 6.45) is 1.56. The SMILES string of the molecule is CCCC(O)c1c(I)cccc1I. The van der Waals surface area contributed by atoms with Crippen LogP contribution in [0.4, 0.5) is 0 Å². The molecule has 1 nitrogen and oxygen atoms in total. The Morgan fingerprint density at radius 1 is 1.31 bits per heavy atom. The van der Waals surface area contributed by atoms with Gasteiger partial charge in [0, 0.05) is 12.7 Å². The number of aliphatic hydroxyl groups excluding tert-OH is 1. The van der Waals surface area contributed by atoms with Crippen LogP contribution in [0.5, 0.6) is 0 Å². The number of hydrogen-bond donors (Lipinski definition) is 1. The third kappa shape index (κ3) is 3.06. The van der Waals surface area contributed by atoms with Crippen LogP contribution >= 0.6 is 45.2 Å². The van der Waals surface area contributed by atoms with E-state index in [9.17, 15) is 5.11 Å². The second kappa shape index (κ2) is 5.50. The van der Waals surface area contributed by atoms with Gasteiger partial charge >= 0.3 is 0 Å². The molecule has 0 spiro atoms. The average Bonchev–Trinajstić information content (AvgIpc) is 2.04. The molecule has 0 saturated carbocycles. The summed E-state index contributed by atoms with van der Waals surface area (Å²) in [7, 11) is 0. The van der Waals surface area contributed by atoms with Gasteiger partial charge in [0.2, 0.25) is 0 Å². The van der Waals surface area contributed by atoms with Crippen molar-refractivity contribution in [2.24, 2.45) is 0 Å². The van der Waals surface area contributed by atoms with Crippen LogP contribution in [0.1, 0.15) is 31.4 Å². The molecule has 0 fully saturated rings. The molecule has 3 heteroatoms. The van der Waals surface area contributed by atoms with Crippen molar-refractivity contribution in [2.75, 3.05) is 0 Å². The molecule has 0 radical (unpaired) electrons. The van der Waals surface area contributed by atoms with E-state index in [1.807, 2.05) is 18.2 Å². The van der Waals surface area contributed by atoms with Gasteiger partial charge in [-0.15, -0.1) is 0 Å². The summed E-state index contributed by atoms with van der Waals surface area (Å²) in [4.78, 5) is 0. The van der Waals surface area contributed by atoms with Crippen LogP contribution in [-0.2, 0) is 0 Å². The Balaban J connectivity index is 2.98. The lowest BCUT2D eigenvalue weighted by Crippen LogP contribution is -2.02. The maximum atomic E-state index is 9.87. The summed E-state index contributed by atoms with van der Waals surface area (Å²) >= 11 is 4.55. The fraction of sp³-hybridized carbons (Fsp3) is 0.400. The van der Waals surface area contributed by atoms with E-state index >= 15 is 0 Å². The van der Waals surface area contributed by atoms with E-state index in [1.165, 1.54) is 0 Å². The Bertz CT molecular complexity index is 266. The second-order valence-corrected chi connectivity index (χ2v) is 5.26. The number of rotatable bonds is 3. The second-order valence-electron chi connectivity index (χ2n) is 2.94. The maximum Gasteiger partial charge on any atom is 0.0810 e. The minimum atomic E-state index is -0.301. The van der Waals surface area contributed by atoms with Crippen LogP contribution in [0.2, 0.25) is 0 Å². The quantitative estimate of drug-likeness (QED) is 0.765. The minimum absolute atomic E-state index is 0.301. The van der Waals surface area contributed by atoms with E-state index in [0.717, 1.165) is 25.5 Å². The van der Waals surface area contributed by atoms with Crippen molar-refractivity contribution in [3.63, 3.8) is 0 Å². The lowest BCUT2D eigenvalue weighted by molar-refractivity contribution is 0.165. The molecule has 13 heavy (non-hydrogen) atoms. The molecule has 72 valence electrons. The van der Waals surface area contributed by atoms with Gasteiger partial charge in [-0.2, -0.15) is 0 Å². The van der Waals surface area contributed by atoms with Gasteiger partial charge in [0.25, 0.3) is 0 Å². The largest absolute Gasteiger partial charge is 0.388 e. The molecule has 0 amide bonds. The third-order valence-corrected chi connectivity index (χ3v) is 3.78. The Morgan fingerprint density at radius 2 is 1.85 bits per heavy atom. The van der Waals surface area contributed by atoms with E-state index in [4.69, 9.17) is 0 Å². The monoisotopic (exact) mass is 402 g/mol. The Labute approximate surface area is 106 Å². The van der Waals surface area contributed by atoms with Crippen LogP contribution in [0, 0.1) is 7.14 Å². The zero-order valence-corrected chi connectivity index (χ0v) is 11.7. The predicted molar refractivity (Wildman–Crippen MR) is 71.7 cm³/mol. The molecule has 0 bridgehead atoms. The normalized spacial score (nSPS) is 12.9. The first-order valence-corrected chi connectivity index (χ1v) is 6.44. The topological polar surface area (TPSA) is 20.2 Å². The van der Waals surface area contributed by atoms with Gasteiger partial charge in [0.05, 0.1) is 6.10 Å². The predicted octanol–water partition coefficient (Wildman–Crippen LogP) is 3.73. The Kier molecular flexibility index (Phi) is 4.96. The van der Waals surface area contributed by atoms with Crippen LogP contribution < -0.4 is 0 Å². The molecule has 0 aliphatic heterocycles. The zero-order valence-electron chi connectivity index (χ0n) is 7.43. The van der Waals surface area contributed by atoms with Crippen molar-refractivity contribution >= 4 is 45.2 Å². The molecule has 0 heterocycles. The Hall–Kier alpha value is 0.640. The third-order valence-electron chi connectivity index (χ3n) is 1.90. The molecular formula is C10H12I2O. The average molecular weight is 402 g/mol. The highest BCUT2D eigenvalue weighted by Gasteiger charge is 2.12.